The first-order valence-electron chi connectivity index (χ1n) is 10.0. The van der Waals surface area contributed by atoms with Crippen molar-refractivity contribution in [3.05, 3.63) is 50.7 Å². The highest BCUT2D eigenvalue weighted by Crippen LogP contribution is 2.35. The Morgan fingerprint density at radius 2 is 2.03 bits per heavy atom. The average molecular weight is 580 g/mol. The lowest BCUT2D eigenvalue weighted by molar-refractivity contribution is -0.192. The van der Waals surface area contributed by atoms with Gasteiger partial charge in [0.1, 0.15) is 21.2 Å². The number of carbonyl (C=O) groups is 2. The molecule has 192 valence electrons. The van der Waals surface area contributed by atoms with Gasteiger partial charge in [-0.3, -0.25) is 4.79 Å². The number of hydrogen-bond donors (Lipinski definition) is 2. The number of carboxylic acid groups (broad SMARTS) is 1. The molecular weight excluding hydrogens is 563 g/mol. The monoisotopic (exact) mass is 579 g/mol. The van der Waals surface area contributed by atoms with E-state index in [0.717, 1.165) is 15.6 Å². The lowest BCUT2D eigenvalue weighted by atomic mass is 10.2. The largest absolute Gasteiger partial charge is 0.490 e. The van der Waals surface area contributed by atoms with Gasteiger partial charge in [-0.05, 0) is 59.5 Å². The van der Waals surface area contributed by atoms with E-state index in [1.54, 1.807) is 36.1 Å². The van der Waals surface area contributed by atoms with Crippen molar-refractivity contribution in [3.63, 3.8) is 0 Å². The third kappa shape index (κ3) is 6.34. The normalized spacial score (nSPS) is 16.1. The van der Waals surface area contributed by atoms with Crippen molar-refractivity contribution in [2.75, 3.05) is 6.54 Å². The minimum atomic E-state index is -5.08. The van der Waals surface area contributed by atoms with Crippen LogP contribution in [0.3, 0.4) is 0 Å². The molecule has 3 aromatic rings. The van der Waals surface area contributed by atoms with Gasteiger partial charge in [-0.1, -0.05) is 11.6 Å². The summed E-state index contributed by atoms with van der Waals surface area (Å²) in [5.41, 5.74) is 1.50. The lowest BCUT2D eigenvalue weighted by Gasteiger charge is -2.16. The summed E-state index contributed by atoms with van der Waals surface area (Å²) >= 11 is 8.53. The van der Waals surface area contributed by atoms with Crippen LogP contribution in [0.1, 0.15) is 22.4 Å². The third-order valence-electron chi connectivity index (χ3n) is 5.07. The summed E-state index contributed by atoms with van der Waals surface area (Å²) in [4.78, 5) is 23.8. The van der Waals surface area contributed by atoms with Gasteiger partial charge in [-0.25, -0.2) is 13.2 Å². The average Bonchev–Trinajstić information content (AvgIpc) is 3.48. The molecule has 3 heterocycles. The quantitative estimate of drug-likeness (QED) is 0.458. The number of aliphatic carboxylic acids is 1. The second-order valence-corrected chi connectivity index (χ2v) is 11.9. The first kappa shape index (κ1) is 27.9. The Morgan fingerprint density at radius 3 is 2.61 bits per heavy atom. The van der Waals surface area contributed by atoms with Crippen LogP contribution < -0.4 is 4.72 Å². The zero-order valence-corrected chi connectivity index (χ0v) is 21.5. The van der Waals surface area contributed by atoms with Gasteiger partial charge in [0.2, 0.25) is 5.91 Å². The fourth-order valence-corrected chi connectivity index (χ4v) is 7.26. The number of thiophene rings is 2. The first-order chi connectivity index (χ1) is 16.7. The molecule has 0 saturated carbocycles. The van der Waals surface area contributed by atoms with Crippen LogP contribution in [0.4, 0.5) is 13.2 Å². The topological polar surface area (TPSA) is 128 Å². The summed E-state index contributed by atoms with van der Waals surface area (Å²) in [6.07, 6.45) is -4.68. The number of carboxylic acids is 1. The van der Waals surface area contributed by atoms with Gasteiger partial charge in [-0.15, -0.1) is 22.7 Å². The highest BCUT2D eigenvalue weighted by Gasteiger charge is 2.38. The summed E-state index contributed by atoms with van der Waals surface area (Å²) in [6, 6.07) is 8.31. The Labute approximate surface area is 216 Å². The maximum atomic E-state index is 13.0. The molecule has 0 bridgehead atoms. The van der Waals surface area contributed by atoms with Crippen molar-refractivity contribution < 1.29 is 36.3 Å². The zero-order chi connectivity index (χ0) is 26.8. The van der Waals surface area contributed by atoms with Gasteiger partial charge in [0.15, 0.2) is 0 Å². The van der Waals surface area contributed by atoms with Crippen molar-refractivity contribution in [1.29, 1.82) is 5.26 Å². The number of alkyl halides is 3. The van der Waals surface area contributed by atoms with E-state index in [4.69, 9.17) is 26.8 Å². The Bertz CT molecular complexity index is 1460. The maximum absolute atomic E-state index is 13.0. The molecule has 1 amide bonds. The summed E-state index contributed by atoms with van der Waals surface area (Å²) in [5.74, 6) is -3.01. The van der Waals surface area contributed by atoms with E-state index in [1.807, 2.05) is 5.38 Å². The molecule has 36 heavy (non-hydrogen) atoms. The maximum Gasteiger partial charge on any atom is 0.490 e. The Kier molecular flexibility index (Phi) is 8.31. The number of amides is 1. The minimum Gasteiger partial charge on any atom is -0.475 e. The van der Waals surface area contributed by atoms with Gasteiger partial charge in [0.25, 0.3) is 10.0 Å². The van der Waals surface area contributed by atoms with Crippen molar-refractivity contribution in [2.45, 2.75) is 36.3 Å². The van der Waals surface area contributed by atoms with Crippen LogP contribution in [-0.2, 0) is 26.2 Å². The van der Waals surface area contributed by atoms with Crippen molar-refractivity contribution in [3.8, 4) is 6.07 Å². The van der Waals surface area contributed by atoms with Crippen molar-refractivity contribution in [2.24, 2.45) is 0 Å². The van der Waals surface area contributed by atoms with E-state index in [-0.39, 0.29) is 10.1 Å². The standard InChI is InChI=1S/C19H16ClN3O3S3.C2HF3O2/c1-11-15-7-13(20)2-3-17(15)28-19(11)29(25,26)22-16-4-5-23(18(16)24)9-12-6-14(8-21)27-10-12;3-2(4,5)1(6)7/h2-3,6-7,10,16,22H,4-5,9H2,1H3;(H,6,7)/t16-;/m0./s1. The molecule has 2 aromatic heterocycles. The van der Waals surface area contributed by atoms with E-state index >= 15 is 0 Å². The predicted molar refractivity (Wildman–Crippen MR) is 128 cm³/mol. The Morgan fingerprint density at radius 1 is 1.36 bits per heavy atom. The molecule has 0 radical (unpaired) electrons. The molecule has 1 fully saturated rings. The third-order valence-corrected chi connectivity index (χ3v) is 9.56. The van der Waals surface area contributed by atoms with Crippen LogP contribution in [0, 0.1) is 18.3 Å². The van der Waals surface area contributed by atoms with Crippen LogP contribution in [-0.4, -0.2) is 49.1 Å². The highest BCUT2D eigenvalue weighted by molar-refractivity contribution is 7.91. The summed E-state index contributed by atoms with van der Waals surface area (Å²) in [6.45, 7) is 2.58. The number of carbonyl (C=O) groups excluding carboxylic acids is 1. The van der Waals surface area contributed by atoms with Gasteiger partial charge in [0, 0.05) is 22.8 Å². The van der Waals surface area contributed by atoms with Gasteiger partial charge in [-0.2, -0.15) is 23.2 Å². The molecular formula is C21H17ClF3N3O5S3. The number of benzene rings is 1. The second kappa shape index (κ2) is 10.7. The summed E-state index contributed by atoms with van der Waals surface area (Å²) < 4.78 is 61.3. The van der Waals surface area contributed by atoms with Crippen molar-refractivity contribution in [1.82, 2.24) is 9.62 Å². The zero-order valence-electron chi connectivity index (χ0n) is 18.3. The molecule has 0 unspecified atom stereocenters. The Balaban J connectivity index is 0.000000454. The number of nitrogens with zero attached hydrogens (tertiary/aromatic N) is 2. The fourth-order valence-electron chi connectivity index (χ4n) is 3.41. The summed E-state index contributed by atoms with van der Waals surface area (Å²) in [5, 5.41) is 19.2. The van der Waals surface area contributed by atoms with Crippen LogP contribution >= 0.6 is 34.3 Å². The van der Waals surface area contributed by atoms with Crippen LogP contribution in [0.25, 0.3) is 10.1 Å². The van der Waals surface area contributed by atoms with Crippen LogP contribution in [0.5, 0.6) is 0 Å². The molecule has 8 nitrogen and oxygen atoms in total. The predicted octanol–water partition coefficient (Wildman–Crippen LogP) is 4.51. The molecule has 0 aliphatic carbocycles. The number of rotatable bonds is 5. The molecule has 15 heteroatoms. The van der Waals surface area contributed by atoms with Crippen LogP contribution in [0.2, 0.25) is 5.02 Å². The van der Waals surface area contributed by atoms with Gasteiger partial charge in [0.05, 0.1) is 0 Å². The molecule has 4 rings (SSSR count). The molecule has 1 aliphatic rings. The molecule has 2 N–H and O–H groups in total. The van der Waals surface area contributed by atoms with Gasteiger partial charge >= 0.3 is 12.1 Å². The summed E-state index contributed by atoms with van der Waals surface area (Å²) in [7, 11) is -3.84. The molecule has 1 saturated heterocycles. The molecule has 0 spiro atoms. The van der Waals surface area contributed by atoms with E-state index in [1.165, 1.54) is 22.7 Å². The number of nitrogens with one attached hydrogen (secondary N) is 1. The highest BCUT2D eigenvalue weighted by atomic mass is 35.5. The minimum absolute atomic E-state index is 0.206. The van der Waals surface area contributed by atoms with E-state index in [9.17, 15) is 26.4 Å². The lowest BCUT2D eigenvalue weighted by Crippen LogP contribution is -2.41. The SMILES string of the molecule is Cc1c(S(=O)(=O)N[C@H]2CCN(Cc3csc(C#N)c3)C2=O)sc2ccc(Cl)cc12.O=C(O)C(F)(F)F. The first-order valence-corrected chi connectivity index (χ1v) is 13.6. The van der Waals surface area contributed by atoms with E-state index in [2.05, 4.69) is 10.8 Å². The number of halogens is 4. The van der Waals surface area contributed by atoms with Crippen molar-refractivity contribution >= 4 is 66.3 Å². The number of likely N-dealkylation sites (tertiary alicyclic amines) is 1. The number of hydrogen-bond acceptors (Lipinski definition) is 7. The number of fused-ring (bicyclic) bond motifs is 1. The van der Waals surface area contributed by atoms with Crippen LogP contribution in [0.15, 0.2) is 33.9 Å². The molecule has 1 atom stereocenters. The molecule has 1 aromatic carbocycles. The smallest absolute Gasteiger partial charge is 0.475 e. The Hall–Kier alpha value is -2.70. The van der Waals surface area contributed by atoms with E-state index in [0.29, 0.717) is 35.0 Å². The number of aryl methyl sites for hydroxylation is 1. The second-order valence-electron chi connectivity index (χ2n) is 7.61. The number of nitriles is 1. The molecule has 1 aliphatic heterocycles. The van der Waals surface area contributed by atoms with E-state index < -0.39 is 28.2 Å². The van der Waals surface area contributed by atoms with Gasteiger partial charge < -0.3 is 10.0 Å². The number of sulfonamides is 1. The fraction of sp³-hybridized carbons (Fsp3) is 0.286.